The van der Waals surface area contributed by atoms with Crippen molar-refractivity contribution in [1.29, 1.82) is 0 Å². The zero-order valence-electron chi connectivity index (χ0n) is 7.54. The van der Waals surface area contributed by atoms with Crippen LogP contribution in [0.3, 0.4) is 0 Å². The van der Waals surface area contributed by atoms with Crippen molar-refractivity contribution in [2.24, 2.45) is 0 Å². The van der Waals surface area contributed by atoms with Gasteiger partial charge in [-0.3, -0.25) is 0 Å². The molecule has 0 bridgehead atoms. The van der Waals surface area contributed by atoms with Gasteiger partial charge in [0.15, 0.2) is 16.6 Å². The largest absolute Gasteiger partial charge is 0.490 e. The fourth-order valence-electron chi connectivity index (χ4n) is 1.32. The van der Waals surface area contributed by atoms with Gasteiger partial charge >= 0.3 is 0 Å². The predicted octanol–water partition coefficient (Wildman–Crippen LogP) is 1.70. The number of nitrogens with zero attached hydrogens (tertiary/aromatic N) is 1. The number of rotatable bonds is 3. The first-order chi connectivity index (χ1) is 6.31. The number of methoxy groups -OCH3 is 1. The van der Waals surface area contributed by atoms with Gasteiger partial charge in [0.2, 0.25) is 0 Å². The van der Waals surface area contributed by atoms with E-state index in [0.717, 1.165) is 5.00 Å². The standard InChI is InChI=1S/C8H13N3OS/c1-12-6-7(9)11-13-8(6)10-5-3-2-4-5/h5,10H,2-4H2,1H3,(H2,9,11). The average Bonchev–Trinajstić information content (AvgIpc) is 2.39. The lowest BCUT2D eigenvalue weighted by atomic mass is 9.93. The lowest BCUT2D eigenvalue weighted by molar-refractivity contribution is 0.413. The fourth-order valence-corrected chi connectivity index (χ4v) is 2.08. The summed E-state index contributed by atoms with van der Waals surface area (Å²) in [6.07, 6.45) is 3.79. The third kappa shape index (κ3) is 1.56. The maximum Gasteiger partial charge on any atom is 0.197 e. The van der Waals surface area contributed by atoms with Crippen LogP contribution in [0.1, 0.15) is 19.3 Å². The molecule has 1 aliphatic carbocycles. The molecule has 2 rings (SSSR count). The summed E-state index contributed by atoms with van der Waals surface area (Å²) in [5.74, 6) is 1.17. The Labute approximate surface area is 81.3 Å². The summed E-state index contributed by atoms with van der Waals surface area (Å²) in [5, 5.41) is 4.33. The molecule has 1 saturated carbocycles. The highest BCUT2D eigenvalue weighted by Gasteiger charge is 2.20. The Balaban J connectivity index is 2.09. The first-order valence-electron chi connectivity index (χ1n) is 4.37. The predicted molar refractivity (Wildman–Crippen MR) is 54.3 cm³/mol. The van der Waals surface area contributed by atoms with Crippen molar-refractivity contribution in [1.82, 2.24) is 4.37 Å². The molecule has 0 radical (unpaired) electrons. The summed E-state index contributed by atoms with van der Waals surface area (Å²) in [6, 6.07) is 0.591. The van der Waals surface area contributed by atoms with E-state index in [1.165, 1.54) is 30.8 Å². The molecule has 0 saturated heterocycles. The van der Waals surface area contributed by atoms with Crippen molar-refractivity contribution in [3.8, 4) is 5.75 Å². The minimum atomic E-state index is 0.481. The lowest BCUT2D eigenvalue weighted by Crippen LogP contribution is -2.26. The van der Waals surface area contributed by atoms with Crippen molar-refractivity contribution < 1.29 is 4.74 Å². The number of ether oxygens (including phenoxy) is 1. The normalized spacial score (nSPS) is 16.7. The van der Waals surface area contributed by atoms with Gasteiger partial charge in [0.25, 0.3) is 0 Å². The molecule has 1 aromatic rings. The van der Waals surface area contributed by atoms with Gasteiger partial charge in [-0.25, -0.2) is 0 Å². The second kappa shape index (κ2) is 3.41. The number of hydrogen-bond acceptors (Lipinski definition) is 5. The second-order valence-electron chi connectivity index (χ2n) is 3.20. The highest BCUT2D eigenvalue weighted by Crippen LogP contribution is 2.37. The summed E-state index contributed by atoms with van der Waals surface area (Å²) in [4.78, 5) is 0. The first-order valence-corrected chi connectivity index (χ1v) is 5.14. The number of nitrogen functional groups attached to an aromatic ring is 1. The van der Waals surface area contributed by atoms with Crippen LogP contribution in [0.5, 0.6) is 5.75 Å². The van der Waals surface area contributed by atoms with E-state index in [-0.39, 0.29) is 0 Å². The molecular formula is C8H13N3OS. The average molecular weight is 199 g/mol. The number of aromatic nitrogens is 1. The smallest absolute Gasteiger partial charge is 0.197 e. The number of nitrogens with two attached hydrogens (primary N) is 1. The molecule has 1 aliphatic rings. The Morgan fingerprint density at radius 2 is 2.38 bits per heavy atom. The van der Waals surface area contributed by atoms with Gasteiger partial charge in [0.1, 0.15) is 0 Å². The molecule has 0 spiro atoms. The molecule has 0 amide bonds. The molecule has 5 heteroatoms. The van der Waals surface area contributed by atoms with E-state index in [4.69, 9.17) is 10.5 Å². The van der Waals surface area contributed by atoms with Crippen molar-refractivity contribution in [2.45, 2.75) is 25.3 Å². The van der Waals surface area contributed by atoms with Crippen LogP contribution in [0, 0.1) is 0 Å². The molecular weight excluding hydrogens is 186 g/mol. The van der Waals surface area contributed by atoms with Crippen LogP contribution in [-0.2, 0) is 0 Å². The second-order valence-corrected chi connectivity index (χ2v) is 3.98. The van der Waals surface area contributed by atoms with E-state index in [0.29, 0.717) is 17.6 Å². The zero-order chi connectivity index (χ0) is 9.26. The molecule has 0 aromatic carbocycles. The molecule has 1 aromatic heterocycles. The van der Waals surface area contributed by atoms with Crippen LogP contribution in [0.15, 0.2) is 0 Å². The minimum absolute atomic E-state index is 0.481. The van der Waals surface area contributed by atoms with E-state index in [9.17, 15) is 0 Å². The maximum absolute atomic E-state index is 5.62. The van der Waals surface area contributed by atoms with Crippen LogP contribution in [0.4, 0.5) is 10.8 Å². The van der Waals surface area contributed by atoms with Crippen LogP contribution in [-0.4, -0.2) is 17.5 Å². The Morgan fingerprint density at radius 1 is 1.62 bits per heavy atom. The minimum Gasteiger partial charge on any atom is -0.490 e. The number of hydrogen-bond donors (Lipinski definition) is 2. The molecule has 4 nitrogen and oxygen atoms in total. The molecule has 0 aliphatic heterocycles. The Bertz CT molecular complexity index is 296. The summed E-state index contributed by atoms with van der Waals surface area (Å²) in [7, 11) is 1.62. The van der Waals surface area contributed by atoms with Crippen LogP contribution in [0.2, 0.25) is 0 Å². The highest BCUT2D eigenvalue weighted by molar-refractivity contribution is 7.11. The Morgan fingerprint density at radius 3 is 2.92 bits per heavy atom. The van der Waals surface area contributed by atoms with E-state index >= 15 is 0 Å². The van der Waals surface area contributed by atoms with Crippen LogP contribution >= 0.6 is 11.5 Å². The van der Waals surface area contributed by atoms with Crippen LogP contribution in [0.25, 0.3) is 0 Å². The van der Waals surface area contributed by atoms with E-state index in [2.05, 4.69) is 9.69 Å². The van der Waals surface area contributed by atoms with Gasteiger partial charge in [0.05, 0.1) is 7.11 Å². The Hall–Kier alpha value is -0.970. The summed E-state index contributed by atoms with van der Waals surface area (Å²) >= 11 is 1.37. The third-order valence-electron chi connectivity index (χ3n) is 2.32. The van der Waals surface area contributed by atoms with Gasteiger partial charge in [-0.1, -0.05) is 0 Å². The van der Waals surface area contributed by atoms with Crippen molar-refractivity contribution in [2.75, 3.05) is 18.2 Å². The van der Waals surface area contributed by atoms with Gasteiger partial charge in [0, 0.05) is 6.04 Å². The van der Waals surface area contributed by atoms with E-state index < -0.39 is 0 Å². The third-order valence-corrected chi connectivity index (χ3v) is 3.09. The SMILES string of the molecule is COc1c(N)nsc1NC1CCC1. The Kier molecular flexibility index (Phi) is 2.26. The monoisotopic (exact) mass is 199 g/mol. The van der Waals surface area contributed by atoms with Crippen molar-refractivity contribution in [3.63, 3.8) is 0 Å². The molecule has 3 N–H and O–H groups in total. The summed E-state index contributed by atoms with van der Waals surface area (Å²) < 4.78 is 9.18. The number of nitrogens with one attached hydrogen (secondary N) is 1. The summed E-state index contributed by atoms with van der Waals surface area (Å²) in [5.41, 5.74) is 5.62. The topological polar surface area (TPSA) is 60.2 Å². The fraction of sp³-hybridized carbons (Fsp3) is 0.625. The molecule has 72 valence electrons. The quantitative estimate of drug-likeness (QED) is 0.777. The van der Waals surface area contributed by atoms with E-state index in [1.54, 1.807) is 7.11 Å². The molecule has 1 fully saturated rings. The van der Waals surface area contributed by atoms with Gasteiger partial charge < -0.3 is 15.8 Å². The first kappa shape index (κ1) is 8.62. The molecule has 0 atom stereocenters. The maximum atomic E-state index is 5.62. The van der Waals surface area contributed by atoms with E-state index in [1.807, 2.05) is 0 Å². The molecule has 13 heavy (non-hydrogen) atoms. The van der Waals surface area contributed by atoms with Crippen LogP contribution < -0.4 is 15.8 Å². The number of anilines is 2. The summed E-state index contributed by atoms with van der Waals surface area (Å²) in [6.45, 7) is 0. The lowest BCUT2D eigenvalue weighted by Gasteiger charge is -2.26. The van der Waals surface area contributed by atoms with Crippen molar-refractivity contribution in [3.05, 3.63) is 0 Å². The van der Waals surface area contributed by atoms with Gasteiger partial charge in [-0.05, 0) is 30.8 Å². The van der Waals surface area contributed by atoms with Crippen molar-refractivity contribution >= 4 is 22.4 Å². The van der Waals surface area contributed by atoms with Gasteiger partial charge in [-0.15, -0.1) is 0 Å². The molecule has 1 heterocycles. The highest BCUT2D eigenvalue weighted by atomic mass is 32.1. The van der Waals surface area contributed by atoms with Gasteiger partial charge in [-0.2, -0.15) is 4.37 Å². The molecule has 0 unspecified atom stereocenters. The zero-order valence-corrected chi connectivity index (χ0v) is 8.36.